The van der Waals surface area contributed by atoms with E-state index in [-0.39, 0.29) is 24.0 Å². The second-order valence-corrected chi connectivity index (χ2v) is 5.08. The minimum atomic E-state index is 0. The van der Waals surface area contributed by atoms with Crippen LogP contribution in [0.25, 0.3) is 0 Å². The highest BCUT2D eigenvalue weighted by molar-refractivity contribution is 14.0. The third kappa shape index (κ3) is 9.27. The normalized spacial score (nSPS) is 15.7. The highest BCUT2D eigenvalue weighted by Crippen LogP contribution is 2.08. The fraction of sp³-hybridized carbons (Fsp3) is 0.786. The first kappa shape index (κ1) is 18.7. The minimum absolute atomic E-state index is 0. The van der Waals surface area contributed by atoms with E-state index in [4.69, 9.17) is 4.74 Å². The molecule has 0 aliphatic heterocycles. The molecule has 0 radical (unpaired) electrons. The van der Waals surface area contributed by atoms with E-state index in [9.17, 15) is 0 Å². The number of hydrogen-bond donors (Lipinski definition) is 2. The number of guanidine groups is 1. The molecule has 4 nitrogen and oxygen atoms in total. The SMILES string of the molecule is CN=C(NCCOCCC(C)C)NC1CC=CC1.I. The van der Waals surface area contributed by atoms with Crippen molar-refractivity contribution in [2.75, 3.05) is 26.8 Å². The Morgan fingerprint density at radius 3 is 2.58 bits per heavy atom. The van der Waals surface area contributed by atoms with Gasteiger partial charge in [0.1, 0.15) is 0 Å². The average molecular weight is 381 g/mol. The first-order chi connectivity index (χ1) is 8.72. The summed E-state index contributed by atoms with van der Waals surface area (Å²) in [6, 6.07) is 0.498. The van der Waals surface area contributed by atoms with Crippen molar-refractivity contribution in [2.24, 2.45) is 10.9 Å². The molecule has 0 heterocycles. The van der Waals surface area contributed by atoms with E-state index in [1.54, 1.807) is 7.05 Å². The zero-order chi connectivity index (χ0) is 13.2. The van der Waals surface area contributed by atoms with Gasteiger partial charge in [0.2, 0.25) is 0 Å². The number of ether oxygens (including phenoxy) is 1. The molecule has 0 atom stereocenters. The second kappa shape index (κ2) is 11.5. The molecule has 1 rings (SSSR count). The van der Waals surface area contributed by atoms with Crippen LogP contribution in [0.15, 0.2) is 17.1 Å². The maximum absolute atomic E-state index is 5.55. The van der Waals surface area contributed by atoms with Gasteiger partial charge in [0.25, 0.3) is 0 Å². The van der Waals surface area contributed by atoms with Crippen molar-refractivity contribution < 1.29 is 4.74 Å². The second-order valence-electron chi connectivity index (χ2n) is 5.08. The lowest BCUT2D eigenvalue weighted by Gasteiger charge is -2.16. The largest absolute Gasteiger partial charge is 0.380 e. The summed E-state index contributed by atoms with van der Waals surface area (Å²) in [5.41, 5.74) is 0. The zero-order valence-electron chi connectivity index (χ0n) is 12.3. The lowest BCUT2D eigenvalue weighted by atomic mass is 10.1. The third-order valence-corrected chi connectivity index (χ3v) is 2.95. The van der Waals surface area contributed by atoms with Crippen molar-refractivity contribution in [1.29, 1.82) is 0 Å². The minimum Gasteiger partial charge on any atom is -0.380 e. The molecule has 1 aliphatic carbocycles. The first-order valence-corrected chi connectivity index (χ1v) is 6.92. The highest BCUT2D eigenvalue weighted by Gasteiger charge is 2.10. The predicted octanol–water partition coefficient (Wildman–Crippen LogP) is 2.55. The maximum Gasteiger partial charge on any atom is 0.191 e. The Kier molecular flexibility index (Phi) is 11.3. The third-order valence-electron chi connectivity index (χ3n) is 2.95. The van der Waals surface area contributed by atoms with Crippen molar-refractivity contribution in [2.45, 2.75) is 39.2 Å². The molecule has 0 saturated carbocycles. The van der Waals surface area contributed by atoms with E-state index in [2.05, 4.69) is 41.6 Å². The van der Waals surface area contributed by atoms with Crippen molar-refractivity contribution in [3.63, 3.8) is 0 Å². The molecular formula is C14H28IN3O. The Morgan fingerprint density at radius 1 is 1.32 bits per heavy atom. The molecule has 0 aromatic rings. The van der Waals surface area contributed by atoms with Gasteiger partial charge in [-0.3, -0.25) is 4.99 Å². The lowest BCUT2D eigenvalue weighted by Crippen LogP contribution is -2.43. The smallest absolute Gasteiger partial charge is 0.191 e. The molecule has 0 spiro atoms. The first-order valence-electron chi connectivity index (χ1n) is 6.92. The van der Waals surface area contributed by atoms with Gasteiger partial charge < -0.3 is 15.4 Å². The van der Waals surface area contributed by atoms with Crippen LogP contribution in [-0.2, 0) is 4.74 Å². The molecule has 0 bridgehead atoms. The van der Waals surface area contributed by atoms with Crippen LogP contribution in [0.3, 0.4) is 0 Å². The molecule has 0 amide bonds. The molecule has 5 heteroatoms. The van der Waals surface area contributed by atoms with Crippen LogP contribution in [0.5, 0.6) is 0 Å². The van der Waals surface area contributed by atoms with Crippen LogP contribution in [-0.4, -0.2) is 38.8 Å². The van der Waals surface area contributed by atoms with Crippen molar-refractivity contribution >= 4 is 29.9 Å². The van der Waals surface area contributed by atoms with E-state index in [0.29, 0.717) is 12.0 Å². The summed E-state index contributed by atoms with van der Waals surface area (Å²) in [4.78, 5) is 4.21. The number of aliphatic imine (C=N–C) groups is 1. The summed E-state index contributed by atoms with van der Waals surface area (Å²) in [6.07, 6.45) is 7.72. The van der Waals surface area contributed by atoms with Crippen molar-refractivity contribution in [3.05, 3.63) is 12.2 Å². The van der Waals surface area contributed by atoms with Gasteiger partial charge >= 0.3 is 0 Å². The van der Waals surface area contributed by atoms with Gasteiger partial charge in [-0.25, -0.2) is 0 Å². The van der Waals surface area contributed by atoms with Crippen LogP contribution in [0.2, 0.25) is 0 Å². The number of nitrogens with one attached hydrogen (secondary N) is 2. The van der Waals surface area contributed by atoms with Gasteiger partial charge in [0, 0.05) is 26.2 Å². The fourth-order valence-electron chi connectivity index (χ4n) is 1.79. The standard InChI is InChI=1S/C14H27N3O.HI/c1-12(2)8-10-18-11-9-16-14(15-3)17-13-6-4-5-7-13;/h4-5,12-13H,6-11H2,1-3H3,(H2,15,16,17);1H. The van der Waals surface area contributed by atoms with Gasteiger partial charge in [-0.05, 0) is 25.2 Å². The predicted molar refractivity (Wildman–Crippen MR) is 92.3 cm³/mol. The molecule has 19 heavy (non-hydrogen) atoms. The fourth-order valence-corrected chi connectivity index (χ4v) is 1.79. The van der Waals surface area contributed by atoms with Crippen LogP contribution in [0, 0.1) is 5.92 Å². The van der Waals surface area contributed by atoms with Crippen LogP contribution in [0.4, 0.5) is 0 Å². The lowest BCUT2D eigenvalue weighted by molar-refractivity contribution is 0.128. The Balaban J connectivity index is 0.00000324. The molecular weight excluding hydrogens is 353 g/mol. The van der Waals surface area contributed by atoms with E-state index in [1.165, 1.54) is 0 Å². The molecule has 0 fully saturated rings. The van der Waals surface area contributed by atoms with Gasteiger partial charge in [-0.1, -0.05) is 26.0 Å². The van der Waals surface area contributed by atoms with Crippen LogP contribution < -0.4 is 10.6 Å². The summed E-state index contributed by atoms with van der Waals surface area (Å²) in [6.45, 7) is 6.80. The molecule has 0 aromatic carbocycles. The van der Waals surface area contributed by atoms with E-state index in [1.807, 2.05) is 0 Å². The molecule has 0 saturated heterocycles. The van der Waals surface area contributed by atoms with Gasteiger partial charge in [0.05, 0.1) is 6.61 Å². The van der Waals surface area contributed by atoms with Gasteiger partial charge in [-0.2, -0.15) is 0 Å². The van der Waals surface area contributed by atoms with Crippen LogP contribution in [0.1, 0.15) is 33.1 Å². The van der Waals surface area contributed by atoms with Gasteiger partial charge in [0.15, 0.2) is 5.96 Å². The molecule has 0 aromatic heterocycles. The Hall–Kier alpha value is -0.300. The van der Waals surface area contributed by atoms with Crippen molar-refractivity contribution in [3.8, 4) is 0 Å². The molecule has 1 aliphatic rings. The number of halogens is 1. The van der Waals surface area contributed by atoms with Gasteiger partial charge in [-0.15, -0.1) is 24.0 Å². The molecule has 2 N–H and O–H groups in total. The summed E-state index contributed by atoms with van der Waals surface area (Å²) in [5.74, 6) is 1.58. The molecule has 112 valence electrons. The highest BCUT2D eigenvalue weighted by atomic mass is 127. The monoisotopic (exact) mass is 381 g/mol. The van der Waals surface area contributed by atoms with Crippen LogP contribution >= 0.6 is 24.0 Å². The summed E-state index contributed by atoms with van der Waals surface area (Å²) in [7, 11) is 1.80. The van der Waals surface area contributed by atoms with Crippen molar-refractivity contribution in [1.82, 2.24) is 10.6 Å². The summed E-state index contributed by atoms with van der Waals surface area (Å²) < 4.78 is 5.55. The zero-order valence-corrected chi connectivity index (χ0v) is 14.6. The molecule has 0 unspecified atom stereocenters. The Labute approximate surface area is 134 Å². The number of hydrogen-bond acceptors (Lipinski definition) is 2. The topological polar surface area (TPSA) is 45.7 Å². The van der Waals surface area contributed by atoms with E-state index < -0.39 is 0 Å². The maximum atomic E-state index is 5.55. The quantitative estimate of drug-likeness (QED) is 0.234. The summed E-state index contributed by atoms with van der Waals surface area (Å²) >= 11 is 0. The number of nitrogens with zero attached hydrogens (tertiary/aromatic N) is 1. The summed E-state index contributed by atoms with van der Waals surface area (Å²) in [5, 5.41) is 6.67. The Bertz CT molecular complexity index is 272. The Morgan fingerprint density at radius 2 is 2.00 bits per heavy atom. The van der Waals surface area contributed by atoms with E-state index >= 15 is 0 Å². The van der Waals surface area contributed by atoms with E-state index in [0.717, 1.165) is 45.0 Å². The number of rotatable bonds is 7. The average Bonchev–Trinajstić information content (AvgIpc) is 2.84.